The Bertz CT molecular complexity index is 840. The number of aliphatic carboxylic acids is 2. The highest BCUT2D eigenvalue weighted by atomic mass is 16.4. The minimum Gasteiger partial charge on any atom is -0.481 e. The van der Waals surface area contributed by atoms with Crippen LogP contribution in [0.3, 0.4) is 0 Å². The second-order valence-electron chi connectivity index (χ2n) is 7.79. The summed E-state index contributed by atoms with van der Waals surface area (Å²) in [7, 11) is 0. The molecule has 0 saturated heterocycles. The lowest BCUT2D eigenvalue weighted by Gasteiger charge is -2.24. The number of amides is 3. The molecule has 0 saturated carbocycles. The Kier molecular flexibility index (Phi) is 14.6. The monoisotopic (exact) mass is 516 g/mol. The molecule has 0 rings (SSSR count). The molecular formula is C19H36N10O7. The van der Waals surface area contributed by atoms with Crippen LogP contribution in [0.1, 0.15) is 39.0 Å². The Morgan fingerprint density at radius 1 is 0.750 bits per heavy atom. The molecule has 3 amide bonds. The van der Waals surface area contributed by atoms with Gasteiger partial charge in [0.25, 0.3) is 0 Å². The Labute approximate surface area is 207 Å². The van der Waals surface area contributed by atoms with E-state index in [2.05, 4.69) is 25.9 Å². The van der Waals surface area contributed by atoms with E-state index >= 15 is 0 Å². The van der Waals surface area contributed by atoms with Gasteiger partial charge in [0.1, 0.15) is 18.1 Å². The van der Waals surface area contributed by atoms with Crippen molar-refractivity contribution in [1.29, 1.82) is 0 Å². The van der Waals surface area contributed by atoms with Crippen molar-refractivity contribution >= 4 is 41.6 Å². The van der Waals surface area contributed by atoms with Gasteiger partial charge in [-0.15, -0.1) is 0 Å². The molecule has 36 heavy (non-hydrogen) atoms. The molecule has 0 bridgehead atoms. The van der Waals surface area contributed by atoms with E-state index in [1.54, 1.807) is 0 Å². The quantitative estimate of drug-likeness (QED) is 0.0496. The van der Waals surface area contributed by atoms with E-state index in [0.717, 1.165) is 0 Å². The van der Waals surface area contributed by atoms with Gasteiger partial charge in [0.05, 0.1) is 12.5 Å². The van der Waals surface area contributed by atoms with Crippen LogP contribution >= 0.6 is 0 Å². The largest absolute Gasteiger partial charge is 0.481 e. The highest BCUT2D eigenvalue weighted by molar-refractivity contribution is 5.95. The van der Waals surface area contributed by atoms with Crippen molar-refractivity contribution < 1.29 is 34.2 Å². The Hall–Kier alpha value is -4.15. The molecule has 17 nitrogen and oxygen atoms in total. The van der Waals surface area contributed by atoms with Crippen LogP contribution in [0.5, 0.6) is 0 Å². The van der Waals surface area contributed by atoms with Crippen molar-refractivity contribution in [2.45, 2.75) is 63.2 Å². The molecule has 0 heterocycles. The van der Waals surface area contributed by atoms with Crippen LogP contribution in [0, 0.1) is 0 Å². The van der Waals surface area contributed by atoms with Crippen LogP contribution in [0.4, 0.5) is 0 Å². The van der Waals surface area contributed by atoms with E-state index in [-0.39, 0.29) is 44.3 Å². The summed E-state index contributed by atoms with van der Waals surface area (Å²) in [4.78, 5) is 67.6. The van der Waals surface area contributed by atoms with Crippen LogP contribution in [0.15, 0.2) is 9.98 Å². The third kappa shape index (κ3) is 14.2. The predicted octanol–water partition coefficient (Wildman–Crippen LogP) is -4.55. The number of aliphatic imine (C=N–C) groups is 2. The summed E-state index contributed by atoms with van der Waals surface area (Å²) in [6.07, 6.45) is 0.00523. The molecule has 0 aromatic carbocycles. The molecule has 204 valence electrons. The molecule has 0 aliphatic heterocycles. The molecule has 17 heteroatoms. The summed E-state index contributed by atoms with van der Waals surface area (Å²) in [6, 6.07) is -5.18. The first-order valence-electron chi connectivity index (χ1n) is 11.0. The summed E-state index contributed by atoms with van der Waals surface area (Å²) in [5, 5.41) is 24.9. The number of carbonyl (C=O) groups is 5. The van der Waals surface area contributed by atoms with Crippen LogP contribution < -0.4 is 44.6 Å². The third-order valence-electron chi connectivity index (χ3n) is 4.62. The average Bonchev–Trinajstić information content (AvgIpc) is 2.76. The lowest BCUT2D eigenvalue weighted by molar-refractivity contribution is -0.143. The van der Waals surface area contributed by atoms with Gasteiger partial charge in [-0.2, -0.15) is 0 Å². The third-order valence-corrected chi connectivity index (χ3v) is 4.62. The molecule has 0 aliphatic carbocycles. The number of nitrogens with zero attached hydrogens (tertiary/aromatic N) is 2. The summed E-state index contributed by atoms with van der Waals surface area (Å²) in [5.41, 5.74) is 26.9. The number of nitrogens with two attached hydrogens (primary N) is 5. The summed E-state index contributed by atoms with van der Waals surface area (Å²) < 4.78 is 0. The minimum absolute atomic E-state index is 0.0159. The Morgan fingerprint density at radius 2 is 1.22 bits per heavy atom. The van der Waals surface area contributed by atoms with Gasteiger partial charge in [-0.1, -0.05) is 0 Å². The zero-order chi connectivity index (χ0) is 27.8. The first kappa shape index (κ1) is 31.8. The molecule has 4 unspecified atom stereocenters. The van der Waals surface area contributed by atoms with Crippen molar-refractivity contribution in [1.82, 2.24) is 16.0 Å². The van der Waals surface area contributed by atoms with E-state index in [4.69, 9.17) is 38.9 Å². The molecule has 0 radical (unpaired) electrons. The van der Waals surface area contributed by atoms with Gasteiger partial charge in [0.2, 0.25) is 17.7 Å². The van der Waals surface area contributed by atoms with Crippen molar-refractivity contribution in [3.05, 3.63) is 0 Å². The fourth-order valence-electron chi connectivity index (χ4n) is 2.73. The van der Waals surface area contributed by atoms with Gasteiger partial charge < -0.3 is 54.8 Å². The van der Waals surface area contributed by atoms with Gasteiger partial charge in [0, 0.05) is 13.1 Å². The van der Waals surface area contributed by atoms with Gasteiger partial charge >= 0.3 is 11.9 Å². The molecule has 15 N–H and O–H groups in total. The smallest absolute Gasteiger partial charge is 0.325 e. The van der Waals surface area contributed by atoms with E-state index in [9.17, 15) is 24.0 Å². The molecule has 0 spiro atoms. The van der Waals surface area contributed by atoms with Gasteiger partial charge in [0.15, 0.2) is 11.9 Å². The zero-order valence-corrected chi connectivity index (χ0v) is 20.0. The second kappa shape index (κ2) is 16.5. The molecule has 0 aromatic rings. The number of carboxylic acid groups (broad SMARTS) is 2. The maximum Gasteiger partial charge on any atom is 0.325 e. The Morgan fingerprint density at radius 3 is 1.69 bits per heavy atom. The topological polar surface area (TPSA) is 317 Å². The zero-order valence-electron chi connectivity index (χ0n) is 20.0. The number of carbonyl (C=O) groups excluding carboxylic acids is 3. The Balaban J connectivity index is 5.43. The number of guanidine groups is 2. The van der Waals surface area contributed by atoms with Crippen molar-refractivity contribution in [3.63, 3.8) is 0 Å². The lowest BCUT2D eigenvalue weighted by Crippen LogP contribution is -2.57. The highest BCUT2D eigenvalue weighted by Gasteiger charge is 2.30. The van der Waals surface area contributed by atoms with Gasteiger partial charge in [-0.05, 0) is 32.6 Å². The molecular weight excluding hydrogens is 480 g/mol. The van der Waals surface area contributed by atoms with E-state index in [0.29, 0.717) is 6.42 Å². The molecule has 0 fully saturated rings. The first-order chi connectivity index (χ1) is 16.7. The maximum absolute atomic E-state index is 12.9. The van der Waals surface area contributed by atoms with Crippen LogP contribution in [-0.2, 0) is 24.0 Å². The van der Waals surface area contributed by atoms with Crippen LogP contribution in [-0.4, -0.2) is 89.0 Å². The fraction of sp³-hybridized carbons (Fsp3) is 0.632. The maximum atomic E-state index is 12.9. The van der Waals surface area contributed by atoms with Crippen molar-refractivity contribution in [2.24, 2.45) is 38.7 Å². The van der Waals surface area contributed by atoms with Crippen LogP contribution in [0.2, 0.25) is 0 Å². The summed E-state index contributed by atoms with van der Waals surface area (Å²) in [6.45, 7) is 1.54. The van der Waals surface area contributed by atoms with E-state index in [1.807, 2.05) is 0 Å². The van der Waals surface area contributed by atoms with Crippen LogP contribution in [0.25, 0.3) is 0 Å². The van der Waals surface area contributed by atoms with Crippen molar-refractivity contribution in [3.8, 4) is 0 Å². The summed E-state index contributed by atoms with van der Waals surface area (Å²) >= 11 is 0. The lowest BCUT2D eigenvalue weighted by atomic mass is 10.1. The fourth-order valence-corrected chi connectivity index (χ4v) is 2.73. The molecule has 0 aromatic heterocycles. The minimum atomic E-state index is -1.61. The predicted molar refractivity (Wildman–Crippen MR) is 129 cm³/mol. The van der Waals surface area contributed by atoms with E-state index < -0.39 is 60.2 Å². The highest BCUT2D eigenvalue weighted by Crippen LogP contribution is 2.04. The SMILES string of the molecule is CC(NC(=O)C(CC(=O)O)NC(=O)C(CCCN=C(N)N)NC(=O)C(N)CCCN=C(N)N)C(=O)O. The van der Waals surface area contributed by atoms with Gasteiger partial charge in [-0.3, -0.25) is 34.0 Å². The standard InChI is InChI=1S/C19H36N10O7/c1-9(17(35)36)27-16(34)12(8-13(30)31)29-15(33)11(5-3-7-26-19(23)24)28-14(32)10(20)4-2-6-25-18(21)22/h9-12H,2-8,20H2,1H3,(H,27,34)(H,28,32)(H,29,33)(H,30,31)(H,35,36)(H4,21,22,25)(H4,23,24,26). The van der Waals surface area contributed by atoms with E-state index in [1.165, 1.54) is 6.92 Å². The first-order valence-corrected chi connectivity index (χ1v) is 11.0. The van der Waals surface area contributed by atoms with Crippen molar-refractivity contribution in [2.75, 3.05) is 13.1 Å². The number of hydrogen-bond donors (Lipinski definition) is 10. The number of nitrogens with one attached hydrogen (secondary N) is 3. The number of rotatable bonds is 17. The normalized spacial score (nSPS) is 13.7. The second-order valence-corrected chi connectivity index (χ2v) is 7.79. The van der Waals surface area contributed by atoms with Gasteiger partial charge in [-0.25, -0.2) is 0 Å². The molecule has 0 aliphatic rings. The average molecular weight is 517 g/mol. The summed E-state index contributed by atoms with van der Waals surface area (Å²) in [5.74, 6) is -5.65. The molecule has 4 atom stereocenters. The number of hydrogen-bond acceptors (Lipinski definition) is 8. The number of carboxylic acids is 2.